The Balaban J connectivity index is 0.000000396. The van der Waals surface area contributed by atoms with Crippen molar-refractivity contribution < 1.29 is 24.6 Å². The number of hydrogen-bond acceptors (Lipinski definition) is 3. The first kappa shape index (κ1) is 17.4. The molecule has 1 amide bonds. The maximum absolute atomic E-state index is 10.9. The zero-order valence-corrected chi connectivity index (χ0v) is 11.1. The quantitative estimate of drug-likeness (QED) is 0.705. The van der Waals surface area contributed by atoms with E-state index in [1.54, 1.807) is 6.07 Å². The number of nitrogens with two attached hydrogens (primary N) is 1. The predicted molar refractivity (Wildman–Crippen MR) is 73.4 cm³/mol. The molecule has 1 aromatic rings. The Kier molecular flexibility index (Phi) is 8.09. The van der Waals surface area contributed by atoms with Gasteiger partial charge in [-0.3, -0.25) is 4.79 Å². The molecular weight excluding hydrogens is 262 g/mol. The van der Waals surface area contributed by atoms with Crippen LogP contribution in [0.4, 0.5) is 0 Å². The van der Waals surface area contributed by atoms with E-state index in [1.165, 1.54) is 0 Å². The fourth-order valence-electron chi connectivity index (χ4n) is 1.39. The first-order valence-corrected chi connectivity index (χ1v) is 5.90. The van der Waals surface area contributed by atoms with Crippen LogP contribution in [0.15, 0.2) is 36.4 Å². The van der Waals surface area contributed by atoms with E-state index in [0.717, 1.165) is 18.4 Å². The lowest BCUT2D eigenvalue weighted by Gasteiger charge is -2.03. The van der Waals surface area contributed by atoms with E-state index in [9.17, 15) is 14.4 Å². The molecule has 0 aliphatic rings. The highest BCUT2D eigenvalue weighted by Crippen LogP contribution is 2.09. The first-order chi connectivity index (χ1) is 9.38. The Morgan fingerprint density at radius 2 is 1.60 bits per heavy atom. The topological polar surface area (TPSA) is 118 Å². The van der Waals surface area contributed by atoms with Gasteiger partial charge in [0.05, 0.1) is 0 Å². The van der Waals surface area contributed by atoms with Crippen molar-refractivity contribution in [3.8, 4) is 0 Å². The molecule has 0 aliphatic heterocycles. The number of primary amides is 1. The van der Waals surface area contributed by atoms with Crippen LogP contribution >= 0.6 is 0 Å². The van der Waals surface area contributed by atoms with Crippen LogP contribution in [0.2, 0.25) is 0 Å². The molecule has 4 N–H and O–H groups in total. The molecule has 0 heterocycles. The third-order valence-electron chi connectivity index (χ3n) is 2.17. The van der Waals surface area contributed by atoms with Crippen molar-refractivity contribution in [1.82, 2.24) is 0 Å². The van der Waals surface area contributed by atoms with Crippen molar-refractivity contribution in [1.29, 1.82) is 0 Å². The van der Waals surface area contributed by atoms with Gasteiger partial charge in [-0.05, 0) is 18.1 Å². The molecule has 0 radical (unpaired) electrons. The molecule has 0 saturated heterocycles. The summed E-state index contributed by atoms with van der Waals surface area (Å²) in [6, 6.07) is 7.48. The van der Waals surface area contributed by atoms with E-state index in [2.05, 4.69) is 6.92 Å². The Hall–Kier alpha value is -2.63. The summed E-state index contributed by atoms with van der Waals surface area (Å²) in [5.74, 6) is -2.85. The molecule has 0 fully saturated rings. The van der Waals surface area contributed by atoms with E-state index < -0.39 is 11.9 Å². The fraction of sp³-hybridized carbons (Fsp3) is 0.214. The number of hydrogen-bond donors (Lipinski definition) is 3. The van der Waals surface area contributed by atoms with Crippen LogP contribution in [0.25, 0.3) is 0 Å². The summed E-state index contributed by atoms with van der Waals surface area (Å²) in [6.45, 7) is 2.08. The highest BCUT2D eigenvalue weighted by molar-refractivity contribution is 5.94. The van der Waals surface area contributed by atoms with Crippen LogP contribution in [0.5, 0.6) is 0 Å². The highest BCUT2D eigenvalue weighted by Gasteiger charge is 2.04. The predicted octanol–water partition coefficient (Wildman–Crippen LogP) is 1.45. The number of benzene rings is 1. The lowest BCUT2D eigenvalue weighted by atomic mass is 10.0. The van der Waals surface area contributed by atoms with Crippen molar-refractivity contribution in [2.45, 2.75) is 19.8 Å². The average molecular weight is 279 g/mol. The molecule has 20 heavy (non-hydrogen) atoms. The van der Waals surface area contributed by atoms with E-state index in [0.29, 0.717) is 17.7 Å². The smallest absolute Gasteiger partial charge is 0.328 e. The SMILES string of the molecule is CCCc1ccccc1C(N)=O.O=C(O)/C=C/C(=O)O. The largest absolute Gasteiger partial charge is 0.478 e. The molecule has 0 spiro atoms. The van der Waals surface area contributed by atoms with E-state index >= 15 is 0 Å². The maximum Gasteiger partial charge on any atom is 0.328 e. The monoisotopic (exact) mass is 279 g/mol. The second-order valence-corrected chi connectivity index (χ2v) is 3.78. The molecule has 0 bridgehead atoms. The minimum atomic E-state index is -1.26. The highest BCUT2D eigenvalue weighted by atomic mass is 16.4. The van der Waals surface area contributed by atoms with Gasteiger partial charge in [0.25, 0.3) is 0 Å². The van der Waals surface area contributed by atoms with E-state index in [-0.39, 0.29) is 5.91 Å². The van der Waals surface area contributed by atoms with Gasteiger partial charge in [-0.15, -0.1) is 0 Å². The van der Waals surface area contributed by atoms with Crippen molar-refractivity contribution in [2.24, 2.45) is 5.73 Å². The van der Waals surface area contributed by atoms with Crippen LogP contribution in [0.1, 0.15) is 29.3 Å². The Labute approximate surface area is 116 Å². The van der Waals surface area contributed by atoms with Gasteiger partial charge in [0.15, 0.2) is 0 Å². The second-order valence-electron chi connectivity index (χ2n) is 3.78. The summed E-state index contributed by atoms with van der Waals surface area (Å²) in [5.41, 5.74) is 6.91. The van der Waals surface area contributed by atoms with Crippen molar-refractivity contribution in [3.05, 3.63) is 47.5 Å². The van der Waals surface area contributed by atoms with Crippen LogP contribution in [0, 0.1) is 0 Å². The molecule has 0 aromatic heterocycles. The summed E-state index contributed by atoms with van der Waals surface area (Å²) < 4.78 is 0. The number of aliphatic carboxylic acids is 2. The number of carboxylic acids is 2. The van der Waals surface area contributed by atoms with Crippen LogP contribution < -0.4 is 5.73 Å². The Morgan fingerprint density at radius 3 is 2.00 bits per heavy atom. The summed E-state index contributed by atoms with van der Waals surface area (Å²) >= 11 is 0. The Morgan fingerprint density at radius 1 is 1.10 bits per heavy atom. The lowest BCUT2D eigenvalue weighted by Crippen LogP contribution is -2.13. The summed E-state index contributed by atoms with van der Waals surface area (Å²) in [6.07, 6.45) is 3.06. The second kappa shape index (κ2) is 9.32. The summed E-state index contributed by atoms with van der Waals surface area (Å²) in [4.78, 5) is 30.0. The maximum atomic E-state index is 10.9. The summed E-state index contributed by atoms with van der Waals surface area (Å²) in [7, 11) is 0. The standard InChI is InChI=1S/C10H13NO.C4H4O4/c1-2-5-8-6-3-4-7-9(8)10(11)12;5-3(6)1-2-4(7)8/h3-4,6-7H,2,5H2,1H3,(H2,11,12);1-2H,(H,5,6)(H,7,8)/b;2-1+. The van der Waals surface area contributed by atoms with Gasteiger partial charge < -0.3 is 15.9 Å². The van der Waals surface area contributed by atoms with Crippen LogP contribution in [-0.4, -0.2) is 28.1 Å². The summed E-state index contributed by atoms with van der Waals surface area (Å²) in [5, 5.41) is 15.6. The minimum Gasteiger partial charge on any atom is -0.478 e. The van der Waals surface area contributed by atoms with Gasteiger partial charge in [-0.25, -0.2) is 9.59 Å². The van der Waals surface area contributed by atoms with Gasteiger partial charge in [-0.2, -0.15) is 0 Å². The molecule has 0 saturated carbocycles. The minimum absolute atomic E-state index is 0.334. The number of carbonyl (C=O) groups excluding carboxylic acids is 1. The molecular formula is C14H17NO5. The van der Waals surface area contributed by atoms with Crippen LogP contribution in [0.3, 0.4) is 0 Å². The third kappa shape index (κ3) is 7.65. The molecule has 0 unspecified atom stereocenters. The van der Waals surface area contributed by atoms with Gasteiger partial charge >= 0.3 is 11.9 Å². The van der Waals surface area contributed by atoms with Gasteiger partial charge in [0.1, 0.15) is 0 Å². The van der Waals surface area contributed by atoms with Crippen molar-refractivity contribution in [2.75, 3.05) is 0 Å². The number of amides is 1. The number of carboxylic acid groups (broad SMARTS) is 2. The van der Waals surface area contributed by atoms with Crippen molar-refractivity contribution >= 4 is 17.8 Å². The zero-order valence-electron chi connectivity index (χ0n) is 11.1. The molecule has 108 valence electrons. The molecule has 0 atom stereocenters. The fourth-order valence-corrected chi connectivity index (χ4v) is 1.39. The molecule has 6 nitrogen and oxygen atoms in total. The number of rotatable bonds is 5. The normalized spacial score (nSPS) is 9.65. The molecule has 1 aromatic carbocycles. The number of aryl methyl sites for hydroxylation is 1. The van der Waals surface area contributed by atoms with Gasteiger partial charge in [0.2, 0.25) is 5.91 Å². The van der Waals surface area contributed by atoms with Crippen molar-refractivity contribution in [3.63, 3.8) is 0 Å². The molecule has 0 aliphatic carbocycles. The van der Waals surface area contributed by atoms with E-state index in [4.69, 9.17) is 15.9 Å². The zero-order chi connectivity index (χ0) is 15.5. The van der Waals surface area contributed by atoms with Crippen LogP contribution in [-0.2, 0) is 16.0 Å². The molecule has 6 heteroatoms. The van der Waals surface area contributed by atoms with Gasteiger partial charge in [-0.1, -0.05) is 31.5 Å². The third-order valence-corrected chi connectivity index (χ3v) is 2.17. The Bertz CT molecular complexity index is 492. The average Bonchev–Trinajstić information content (AvgIpc) is 2.38. The molecule has 1 rings (SSSR count). The van der Waals surface area contributed by atoms with Gasteiger partial charge in [0, 0.05) is 17.7 Å². The van der Waals surface area contributed by atoms with E-state index in [1.807, 2.05) is 18.2 Å². The first-order valence-electron chi connectivity index (χ1n) is 5.90. The lowest BCUT2D eigenvalue weighted by molar-refractivity contribution is -0.134. The number of carbonyl (C=O) groups is 3.